The SMILES string of the molecule is Fc1cccc2cn(CC3CCCN3)nc12. The van der Waals surface area contributed by atoms with E-state index in [1.807, 2.05) is 16.9 Å². The van der Waals surface area contributed by atoms with Crippen LogP contribution in [0.4, 0.5) is 4.39 Å². The lowest BCUT2D eigenvalue weighted by atomic mass is 10.2. The minimum atomic E-state index is -0.240. The molecule has 0 saturated carbocycles. The highest BCUT2D eigenvalue weighted by Gasteiger charge is 2.15. The summed E-state index contributed by atoms with van der Waals surface area (Å²) in [5.74, 6) is -0.240. The molecule has 0 spiro atoms. The van der Waals surface area contributed by atoms with Crippen molar-refractivity contribution in [3.63, 3.8) is 0 Å². The molecular formula is C12H14FN3. The van der Waals surface area contributed by atoms with Gasteiger partial charge in [-0.25, -0.2) is 4.39 Å². The maximum atomic E-state index is 13.4. The third kappa shape index (κ3) is 1.69. The van der Waals surface area contributed by atoms with Gasteiger partial charge in [0.2, 0.25) is 0 Å². The van der Waals surface area contributed by atoms with Crippen molar-refractivity contribution in [3.05, 3.63) is 30.2 Å². The Hall–Kier alpha value is -1.42. The van der Waals surface area contributed by atoms with Crippen molar-refractivity contribution in [2.75, 3.05) is 6.54 Å². The topological polar surface area (TPSA) is 29.9 Å². The van der Waals surface area contributed by atoms with Gasteiger partial charge in [-0.15, -0.1) is 0 Å². The predicted octanol–water partition coefficient (Wildman–Crippen LogP) is 1.93. The summed E-state index contributed by atoms with van der Waals surface area (Å²) in [6, 6.07) is 5.55. The van der Waals surface area contributed by atoms with Crippen molar-refractivity contribution in [1.29, 1.82) is 0 Å². The number of halogens is 1. The number of fused-ring (bicyclic) bond motifs is 1. The third-order valence-corrected chi connectivity index (χ3v) is 3.10. The van der Waals surface area contributed by atoms with Crippen molar-refractivity contribution in [2.24, 2.45) is 0 Å². The second-order valence-corrected chi connectivity index (χ2v) is 4.32. The molecule has 2 heterocycles. The first kappa shape index (κ1) is 9.78. The lowest BCUT2D eigenvalue weighted by molar-refractivity contribution is 0.477. The fourth-order valence-corrected chi connectivity index (χ4v) is 2.29. The first-order chi connectivity index (χ1) is 7.83. The lowest BCUT2D eigenvalue weighted by Gasteiger charge is -2.09. The van der Waals surface area contributed by atoms with E-state index in [2.05, 4.69) is 10.4 Å². The van der Waals surface area contributed by atoms with Crippen LogP contribution >= 0.6 is 0 Å². The molecular weight excluding hydrogens is 205 g/mol. The van der Waals surface area contributed by atoms with Gasteiger partial charge in [0.15, 0.2) is 5.82 Å². The summed E-state index contributed by atoms with van der Waals surface area (Å²) in [5.41, 5.74) is 0.473. The first-order valence-corrected chi connectivity index (χ1v) is 5.68. The zero-order chi connectivity index (χ0) is 11.0. The summed E-state index contributed by atoms with van der Waals surface area (Å²) in [7, 11) is 0. The smallest absolute Gasteiger partial charge is 0.151 e. The summed E-state index contributed by atoms with van der Waals surface area (Å²) in [6.45, 7) is 1.91. The van der Waals surface area contributed by atoms with Crippen LogP contribution in [0.25, 0.3) is 10.9 Å². The molecule has 0 radical (unpaired) electrons. The second-order valence-electron chi connectivity index (χ2n) is 4.32. The van der Waals surface area contributed by atoms with Crippen molar-refractivity contribution >= 4 is 10.9 Å². The Morgan fingerprint density at radius 2 is 2.44 bits per heavy atom. The van der Waals surface area contributed by atoms with Crippen LogP contribution < -0.4 is 5.32 Å². The van der Waals surface area contributed by atoms with Gasteiger partial charge in [0, 0.05) is 17.6 Å². The number of rotatable bonds is 2. The van der Waals surface area contributed by atoms with E-state index in [-0.39, 0.29) is 5.82 Å². The minimum Gasteiger partial charge on any atom is -0.312 e. The highest BCUT2D eigenvalue weighted by atomic mass is 19.1. The zero-order valence-electron chi connectivity index (χ0n) is 8.99. The molecule has 1 N–H and O–H groups in total. The van der Waals surface area contributed by atoms with Gasteiger partial charge in [-0.3, -0.25) is 4.68 Å². The molecule has 84 valence electrons. The molecule has 16 heavy (non-hydrogen) atoms. The fraction of sp³-hybridized carbons (Fsp3) is 0.417. The van der Waals surface area contributed by atoms with E-state index in [4.69, 9.17) is 0 Å². The Bertz CT molecular complexity index is 500. The van der Waals surface area contributed by atoms with Crippen LogP contribution in [0.2, 0.25) is 0 Å². The average Bonchev–Trinajstić information content (AvgIpc) is 2.88. The molecule has 1 aliphatic heterocycles. The summed E-state index contributed by atoms with van der Waals surface area (Å²) < 4.78 is 15.3. The van der Waals surface area contributed by atoms with E-state index in [9.17, 15) is 4.39 Å². The number of hydrogen-bond donors (Lipinski definition) is 1. The number of nitrogens with zero attached hydrogens (tertiary/aromatic N) is 2. The first-order valence-electron chi connectivity index (χ1n) is 5.68. The average molecular weight is 219 g/mol. The fourth-order valence-electron chi connectivity index (χ4n) is 2.29. The molecule has 0 aliphatic carbocycles. The number of nitrogens with one attached hydrogen (secondary N) is 1. The molecule has 2 aromatic rings. The van der Waals surface area contributed by atoms with Crippen LogP contribution in [0, 0.1) is 5.82 Å². The van der Waals surface area contributed by atoms with Gasteiger partial charge >= 0.3 is 0 Å². The third-order valence-electron chi connectivity index (χ3n) is 3.10. The van der Waals surface area contributed by atoms with Crippen LogP contribution in [0.1, 0.15) is 12.8 Å². The van der Waals surface area contributed by atoms with E-state index >= 15 is 0 Å². The van der Waals surface area contributed by atoms with E-state index in [0.29, 0.717) is 11.6 Å². The van der Waals surface area contributed by atoms with Crippen LogP contribution in [-0.2, 0) is 6.54 Å². The predicted molar refractivity (Wildman–Crippen MR) is 60.7 cm³/mol. The summed E-state index contributed by atoms with van der Waals surface area (Å²) in [4.78, 5) is 0. The van der Waals surface area contributed by atoms with E-state index in [1.54, 1.807) is 6.07 Å². The molecule has 1 aromatic carbocycles. The van der Waals surface area contributed by atoms with Gasteiger partial charge < -0.3 is 5.32 Å². The maximum absolute atomic E-state index is 13.4. The van der Waals surface area contributed by atoms with Gasteiger partial charge in [0.1, 0.15) is 5.52 Å². The van der Waals surface area contributed by atoms with Gasteiger partial charge in [0.05, 0.1) is 6.54 Å². The van der Waals surface area contributed by atoms with Gasteiger partial charge in [0.25, 0.3) is 0 Å². The maximum Gasteiger partial charge on any atom is 0.151 e. The van der Waals surface area contributed by atoms with Crippen molar-refractivity contribution < 1.29 is 4.39 Å². The highest BCUT2D eigenvalue weighted by molar-refractivity contribution is 5.78. The molecule has 1 unspecified atom stereocenters. The van der Waals surface area contributed by atoms with Crippen LogP contribution in [0.5, 0.6) is 0 Å². The number of hydrogen-bond acceptors (Lipinski definition) is 2. The molecule has 1 aliphatic rings. The zero-order valence-corrected chi connectivity index (χ0v) is 8.99. The van der Waals surface area contributed by atoms with Crippen LogP contribution in [-0.4, -0.2) is 22.4 Å². The number of benzene rings is 1. The molecule has 1 aromatic heterocycles. The molecule has 0 bridgehead atoms. The minimum absolute atomic E-state index is 0.240. The normalized spacial score (nSPS) is 20.7. The van der Waals surface area contributed by atoms with Crippen LogP contribution in [0.15, 0.2) is 24.4 Å². The second kappa shape index (κ2) is 3.87. The molecule has 3 nitrogen and oxygen atoms in total. The molecule has 0 amide bonds. The lowest BCUT2D eigenvalue weighted by Crippen LogP contribution is -2.26. The monoisotopic (exact) mass is 219 g/mol. The Morgan fingerprint density at radius 1 is 1.50 bits per heavy atom. The molecule has 3 rings (SSSR count). The standard InChI is InChI=1S/C12H14FN3/c13-11-5-1-3-9-7-16(15-12(9)11)8-10-4-2-6-14-10/h1,3,5,7,10,14H,2,4,6,8H2. The number of aromatic nitrogens is 2. The Kier molecular flexibility index (Phi) is 2.36. The van der Waals surface area contributed by atoms with Crippen LogP contribution in [0.3, 0.4) is 0 Å². The quantitative estimate of drug-likeness (QED) is 0.836. The summed E-state index contributed by atoms with van der Waals surface area (Å²) >= 11 is 0. The Balaban J connectivity index is 1.90. The summed E-state index contributed by atoms with van der Waals surface area (Å²) in [6.07, 6.45) is 4.32. The van der Waals surface area contributed by atoms with Crippen molar-refractivity contribution in [2.45, 2.75) is 25.4 Å². The Labute approximate surface area is 93.3 Å². The van der Waals surface area contributed by atoms with E-state index in [0.717, 1.165) is 18.5 Å². The van der Waals surface area contributed by atoms with Crippen molar-refractivity contribution in [3.8, 4) is 0 Å². The Morgan fingerprint density at radius 3 is 3.19 bits per heavy atom. The molecule has 1 atom stereocenters. The molecule has 1 fully saturated rings. The van der Waals surface area contributed by atoms with Gasteiger partial charge in [-0.2, -0.15) is 5.10 Å². The molecule has 4 heteroatoms. The van der Waals surface area contributed by atoms with Crippen molar-refractivity contribution in [1.82, 2.24) is 15.1 Å². The highest BCUT2D eigenvalue weighted by Crippen LogP contribution is 2.16. The van der Waals surface area contributed by atoms with Gasteiger partial charge in [-0.1, -0.05) is 12.1 Å². The largest absolute Gasteiger partial charge is 0.312 e. The summed E-state index contributed by atoms with van der Waals surface area (Å²) in [5, 5.41) is 8.56. The molecule has 1 saturated heterocycles. The van der Waals surface area contributed by atoms with Gasteiger partial charge in [-0.05, 0) is 25.5 Å². The van der Waals surface area contributed by atoms with E-state index < -0.39 is 0 Å². The van der Waals surface area contributed by atoms with E-state index in [1.165, 1.54) is 18.9 Å².